The zero-order valence-electron chi connectivity index (χ0n) is 37.5. The van der Waals surface area contributed by atoms with E-state index >= 15 is 0 Å². The van der Waals surface area contributed by atoms with Crippen LogP contribution < -0.4 is 15.4 Å². The number of amides is 4. The molecule has 4 atom stereocenters. The number of imide groups is 1. The number of carboxylic acid groups (broad SMARTS) is 1. The Morgan fingerprint density at radius 1 is 0.738 bits per heavy atom. The first-order valence-corrected chi connectivity index (χ1v) is 22.0. The van der Waals surface area contributed by atoms with E-state index in [1.165, 1.54) is 0 Å². The lowest BCUT2D eigenvalue weighted by Gasteiger charge is -2.31. The molecule has 22 nitrogen and oxygen atoms in total. The minimum absolute atomic E-state index is 0.0105. The molecule has 0 aliphatic carbocycles. The molecule has 1 aromatic carbocycles. The van der Waals surface area contributed by atoms with Crippen molar-refractivity contribution in [3.63, 3.8) is 0 Å². The fraction of sp³-hybridized carbons (Fsp3) is 0.721. The van der Waals surface area contributed by atoms with Gasteiger partial charge < -0.3 is 73.0 Å². The Morgan fingerprint density at radius 2 is 1.28 bits per heavy atom. The van der Waals surface area contributed by atoms with E-state index in [2.05, 4.69) is 10.6 Å². The van der Waals surface area contributed by atoms with Crippen molar-refractivity contribution in [1.29, 1.82) is 0 Å². The number of anilines is 1. The van der Waals surface area contributed by atoms with Gasteiger partial charge in [-0.05, 0) is 17.7 Å². The molecule has 0 aromatic heterocycles. The van der Waals surface area contributed by atoms with Gasteiger partial charge in [0.2, 0.25) is 29.9 Å². The number of carbonyl (C=O) groups is 6. The second-order valence-electron chi connectivity index (χ2n) is 14.8. The molecule has 0 radical (unpaired) electrons. The van der Waals surface area contributed by atoms with Crippen molar-refractivity contribution in [1.82, 2.24) is 10.2 Å². The smallest absolute Gasteiger partial charge is 0.333 e. The maximum atomic E-state index is 12.8. The molecule has 0 saturated carbocycles. The first kappa shape index (κ1) is 55.0. The van der Waals surface area contributed by atoms with E-state index in [4.69, 9.17) is 52.1 Å². The normalized spacial score (nSPS) is 18.5. The van der Waals surface area contributed by atoms with E-state index in [0.717, 1.165) is 4.90 Å². The van der Waals surface area contributed by atoms with E-state index in [9.17, 15) is 39.0 Å². The Hall–Kier alpha value is -4.36. The highest BCUT2D eigenvalue weighted by Crippen LogP contribution is 2.31. The quantitative estimate of drug-likeness (QED) is 0.0409. The molecule has 65 heavy (non-hydrogen) atoms. The van der Waals surface area contributed by atoms with Gasteiger partial charge in [0.05, 0.1) is 124 Å². The van der Waals surface area contributed by atoms with E-state index < -0.39 is 24.5 Å². The summed E-state index contributed by atoms with van der Waals surface area (Å²) in [5, 5.41) is 24.9. The van der Waals surface area contributed by atoms with Crippen molar-refractivity contribution in [3.8, 4) is 5.75 Å². The Bertz CT molecular complexity index is 1580. The van der Waals surface area contributed by atoms with Gasteiger partial charge in [-0.2, -0.15) is 0 Å². The number of aliphatic hydroxyl groups excluding tert-OH is 1. The first-order chi connectivity index (χ1) is 31.5. The van der Waals surface area contributed by atoms with Crippen LogP contribution in [-0.2, 0) is 82.7 Å². The summed E-state index contributed by atoms with van der Waals surface area (Å²) in [5.41, 5.74) is 0.833. The number of carbonyl (C=O) groups excluding carboxylic acids is 5. The van der Waals surface area contributed by atoms with Crippen LogP contribution in [0, 0.1) is 5.92 Å². The number of hydrogen-bond acceptors (Lipinski definition) is 18. The second-order valence-corrected chi connectivity index (χ2v) is 14.8. The van der Waals surface area contributed by atoms with Gasteiger partial charge in [0.15, 0.2) is 6.10 Å². The van der Waals surface area contributed by atoms with Crippen LogP contribution in [0.4, 0.5) is 5.69 Å². The fourth-order valence-electron chi connectivity index (χ4n) is 6.04. The third kappa shape index (κ3) is 24.1. The fourth-order valence-corrected chi connectivity index (χ4v) is 6.04. The van der Waals surface area contributed by atoms with E-state index in [-0.39, 0.29) is 112 Å². The molecule has 2 aliphatic heterocycles. The van der Waals surface area contributed by atoms with Gasteiger partial charge in [-0.25, -0.2) is 4.79 Å². The number of carboxylic acids is 1. The van der Waals surface area contributed by atoms with Crippen LogP contribution in [0.25, 0.3) is 0 Å². The number of aliphatic carboxylic acids is 1. The lowest BCUT2D eigenvalue weighted by Crippen LogP contribution is -2.42. The topological polar surface area (TPSA) is 272 Å². The zero-order chi connectivity index (χ0) is 47.1. The predicted molar refractivity (Wildman–Crippen MR) is 227 cm³/mol. The summed E-state index contributed by atoms with van der Waals surface area (Å²) in [6.45, 7) is 9.48. The molecule has 3 rings (SSSR count). The molecule has 4 N–H and O–H groups in total. The summed E-state index contributed by atoms with van der Waals surface area (Å²) in [6.07, 6.45) is -2.81. The standard InChI is InChI=1S/C43H67N3O19/c1-3-40(51)63-30-32-4-5-35(64-41-29-33(47)28-36(65-41)43(53)54)34(27-32)45-38(49)7-10-55-12-14-57-16-18-59-20-22-61-24-25-62-23-21-60-19-17-58-15-13-56-11-8-44-37(48)6-9-46-39(50)26-31(2)42(46)52/h4-5,27,31,33,36,41,47H,3,6-26,28-30H2,1-2H3,(H,44,48)(H,45,49)(H,53,54). The molecule has 368 valence electrons. The van der Waals surface area contributed by atoms with Crippen LogP contribution in [0.3, 0.4) is 0 Å². The van der Waals surface area contributed by atoms with Crippen LogP contribution in [0.1, 0.15) is 57.9 Å². The summed E-state index contributed by atoms with van der Waals surface area (Å²) in [7, 11) is 0. The highest BCUT2D eigenvalue weighted by molar-refractivity contribution is 6.03. The van der Waals surface area contributed by atoms with Gasteiger partial charge in [0, 0.05) is 51.1 Å². The number of likely N-dealkylation sites (tertiary alicyclic amines) is 1. The molecule has 22 heteroatoms. The van der Waals surface area contributed by atoms with Gasteiger partial charge in [0.25, 0.3) is 0 Å². The minimum Gasteiger partial charge on any atom is -0.479 e. The third-order valence-corrected chi connectivity index (χ3v) is 9.49. The van der Waals surface area contributed by atoms with Crippen molar-refractivity contribution in [2.45, 2.75) is 77.5 Å². The Balaban J connectivity index is 1.07. The average Bonchev–Trinajstić information content (AvgIpc) is 3.53. The highest BCUT2D eigenvalue weighted by Gasteiger charge is 2.36. The van der Waals surface area contributed by atoms with Crippen LogP contribution >= 0.6 is 0 Å². The van der Waals surface area contributed by atoms with Gasteiger partial charge in [-0.15, -0.1) is 0 Å². The van der Waals surface area contributed by atoms with E-state index in [1.807, 2.05) is 0 Å². The van der Waals surface area contributed by atoms with Gasteiger partial charge >= 0.3 is 11.9 Å². The number of nitrogens with one attached hydrogen (secondary N) is 2. The van der Waals surface area contributed by atoms with Gasteiger partial charge in [0.1, 0.15) is 12.4 Å². The number of hydrogen-bond donors (Lipinski definition) is 4. The Kier molecular flexibility index (Phi) is 28.0. The summed E-state index contributed by atoms with van der Waals surface area (Å²) >= 11 is 0. The summed E-state index contributed by atoms with van der Waals surface area (Å²) in [4.78, 5) is 72.6. The molecule has 2 heterocycles. The molecule has 1 aromatic rings. The lowest BCUT2D eigenvalue weighted by atomic mass is 10.1. The molecule has 4 amide bonds. The predicted octanol–water partition coefficient (Wildman–Crippen LogP) is 0.832. The van der Waals surface area contributed by atoms with Gasteiger partial charge in [-0.1, -0.05) is 19.9 Å². The van der Waals surface area contributed by atoms with Crippen molar-refractivity contribution in [2.75, 3.05) is 124 Å². The average molecular weight is 930 g/mol. The number of aliphatic hydroxyl groups is 1. The minimum atomic E-state index is -1.24. The molecule has 2 fully saturated rings. The lowest BCUT2D eigenvalue weighted by molar-refractivity contribution is -0.195. The van der Waals surface area contributed by atoms with Crippen molar-refractivity contribution in [2.24, 2.45) is 5.92 Å². The van der Waals surface area contributed by atoms with Crippen LogP contribution in [0.5, 0.6) is 5.75 Å². The Morgan fingerprint density at radius 3 is 1.78 bits per heavy atom. The van der Waals surface area contributed by atoms with Crippen LogP contribution in [0.2, 0.25) is 0 Å². The maximum Gasteiger partial charge on any atom is 0.333 e. The van der Waals surface area contributed by atoms with Crippen molar-refractivity contribution < 1.29 is 91.1 Å². The second kappa shape index (κ2) is 33.2. The largest absolute Gasteiger partial charge is 0.479 e. The maximum absolute atomic E-state index is 12.8. The van der Waals surface area contributed by atoms with Gasteiger partial charge in [-0.3, -0.25) is 28.9 Å². The number of nitrogens with zero attached hydrogens (tertiary/aromatic N) is 1. The number of esters is 1. The molecule has 2 saturated heterocycles. The molecular formula is C43H67N3O19. The number of rotatable bonds is 37. The van der Waals surface area contributed by atoms with Crippen LogP contribution in [-0.4, -0.2) is 188 Å². The molecule has 0 spiro atoms. The van der Waals surface area contributed by atoms with E-state index in [0.29, 0.717) is 105 Å². The Labute approximate surface area is 379 Å². The molecule has 2 aliphatic rings. The van der Waals surface area contributed by atoms with Crippen LogP contribution in [0.15, 0.2) is 18.2 Å². The summed E-state index contributed by atoms with van der Waals surface area (Å²) in [5.74, 6) is -2.84. The highest BCUT2D eigenvalue weighted by atomic mass is 16.7. The first-order valence-electron chi connectivity index (χ1n) is 22.0. The molecular weight excluding hydrogens is 862 g/mol. The summed E-state index contributed by atoms with van der Waals surface area (Å²) < 4.78 is 60.3. The SMILES string of the molecule is CCC(=O)OCc1ccc(OC2CC(O)CC(C(=O)O)O2)c(NC(=O)CCOCCOCCOCCOCCOCCOCCOCCOCCNC(=O)CCN2C(=O)CC(C)C2=O)c1. The van der Waals surface area contributed by atoms with Crippen molar-refractivity contribution in [3.05, 3.63) is 23.8 Å². The number of ether oxygens (including phenoxy) is 11. The zero-order valence-corrected chi connectivity index (χ0v) is 37.5. The monoisotopic (exact) mass is 929 g/mol. The summed E-state index contributed by atoms with van der Waals surface area (Å²) in [6, 6.07) is 4.76. The molecule has 0 bridgehead atoms. The third-order valence-electron chi connectivity index (χ3n) is 9.49. The number of benzene rings is 1. The van der Waals surface area contributed by atoms with Crippen molar-refractivity contribution >= 4 is 41.3 Å². The van der Waals surface area contributed by atoms with E-state index in [1.54, 1.807) is 32.0 Å². The molecule has 4 unspecified atom stereocenters.